The van der Waals surface area contributed by atoms with Crippen LogP contribution in [0.25, 0.3) is 26.9 Å². The first kappa shape index (κ1) is 15.9. The van der Waals surface area contributed by atoms with Crippen LogP contribution in [0.3, 0.4) is 0 Å². The average Bonchev–Trinajstić information content (AvgIpc) is 3.32. The van der Waals surface area contributed by atoms with Crippen LogP contribution in [0.4, 0.5) is 0 Å². The predicted octanol–water partition coefficient (Wildman–Crippen LogP) is 1.88. The minimum absolute atomic E-state index is 0.0987. The van der Waals surface area contributed by atoms with Gasteiger partial charge in [0.05, 0.1) is 29.3 Å². The van der Waals surface area contributed by atoms with E-state index < -0.39 is 0 Å². The molecule has 0 aliphatic carbocycles. The molecule has 134 valence electrons. The second-order valence-electron chi connectivity index (χ2n) is 6.13. The molecule has 0 saturated heterocycles. The molecule has 0 fully saturated rings. The molecule has 0 atom stereocenters. The zero-order valence-electron chi connectivity index (χ0n) is 14.4. The van der Waals surface area contributed by atoms with Gasteiger partial charge >= 0.3 is 0 Å². The molecule has 5 aromatic rings. The molecule has 8 nitrogen and oxygen atoms in total. The van der Waals surface area contributed by atoms with Crippen LogP contribution in [0.1, 0.15) is 12.7 Å². The molecule has 0 aliphatic heterocycles. The third-order valence-corrected chi connectivity index (χ3v) is 5.53. The maximum absolute atomic E-state index is 12.7. The molecule has 0 bridgehead atoms. The number of aryl methyl sites for hydroxylation is 1. The highest BCUT2D eigenvalue weighted by molar-refractivity contribution is 7.17. The van der Waals surface area contributed by atoms with E-state index in [1.807, 2.05) is 41.0 Å². The standard InChI is InChI=1S/C18H14N6O2S/c1-2-23-16(25)11-5-3-4-6-13(11)24-14(20-21-18(23)24)9-22-10-19-12-7-8-27-15(12)17(22)26/h3-8,10H,2,9H2,1H3. The summed E-state index contributed by atoms with van der Waals surface area (Å²) in [7, 11) is 0. The van der Waals surface area contributed by atoms with Crippen molar-refractivity contribution in [1.82, 2.24) is 28.7 Å². The Bertz CT molecular complexity index is 1440. The van der Waals surface area contributed by atoms with E-state index in [-0.39, 0.29) is 17.7 Å². The minimum Gasteiger partial charge on any atom is -0.290 e. The summed E-state index contributed by atoms with van der Waals surface area (Å²) < 4.78 is 5.56. The maximum atomic E-state index is 12.7. The van der Waals surface area contributed by atoms with Crippen molar-refractivity contribution in [3.05, 3.63) is 68.6 Å². The van der Waals surface area contributed by atoms with Crippen molar-refractivity contribution in [2.24, 2.45) is 0 Å². The first-order chi connectivity index (χ1) is 13.2. The van der Waals surface area contributed by atoms with Gasteiger partial charge in [-0.1, -0.05) is 12.1 Å². The molecule has 27 heavy (non-hydrogen) atoms. The molecular formula is C18H14N6O2S. The number of rotatable bonds is 3. The Morgan fingerprint density at radius 1 is 1.07 bits per heavy atom. The van der Waals surface area contributed by atoms with Crippen LogP contribution < -0.4 is 11.1 Å². The minimum atomic E-state index is -0.111. The van der Waals surface area contributed by atoms with Crippen LogP contribution in [-0.4, -0.2) is 28.7 Å². The number of para-hydroxylation sites is 1. The second-order valence-corrected chi connectivity index (χ2v) is 7.05. The van der Waals surface area contributed by atoms with E-state index in [2.05, 4.69) is 15.2 Å². The lowest BCUT2D eigenvalue weighted by atomic mass is 10.2. The molecule has 4 heterocycles. The van der Waals surface area contributed by atoms with Crippen LogP contribution in [0, 0.1) is 0 Å². The van der Waals surface area contributed by atoms with Gasteiger partial charge in [0.25, 0.3) is 11.1 Å². The number of thiophene rings is 1. The van der Waals surface area contributed by atoms with Gasteiger partial charge in [-0.3, -0.25) is 23.1 Å². The van der Waals surface area contributed by atoms with Crippen molar-refractivity contribution in [3.63, 3.8) is 0 Å². The third-order valence-electron chi connectivity index (χ3n) is 4.64. The molecule has 0 amide bonds. The summed E-state index contributed by atoms with van der Waals surface area (Å²) in [6, 6.07) is 9.18. The van der Waals surface area contributed by atoms with Crippen LogP contribution in [0.5, 0.6) is 0 Å². The van der Waals surface area contributed by atoms with E-state index >= 15 is 0 Å². The Balaban J connectivity index is 1.79. The molecule has 0 N–H and O–H groups in total. The van der Waals surface area contributed by atoms with Gasteiger partial charge < -0.3 is 0 Å². The van der Waals surface area contributed by atoms with Gasteiger partial charge in [0.1, 0.15) is 4.70 Å². The number of hydrogen-bond donors (Lipinski definition) is 0. The molecule has 0 saturated carbocycles. The first-order valence-electron chi connectivity index (χ1n) is 8.47. The lowest BCUT2D eigenvalue weighted by Crippen LogP contribution is -2.24. The summed E-state index contributed by atoms with van der Waals surface area (Å²) in [6.07, 6.45) is 1.52. The van der Waals surface area contributed by atoms with E-state index in [4.69, 9.17) is 0 Å². The van der Waals surface area contributed by atoms with E-state index in [1.54, 1.807) is 10.6 Å². The van der Waals surface area contributed by atoms with Gasteiger partial charge in [0.15, 0.2) is 5.82 Å². The van der Waals surface area contributed by atoms with Crippen molar-refractivity contribution >= 4 is 38.2 Å². The second kappa shape index (κ2) is 5.85. The summed E-state index contributed by atoms with van der Waals surface area (Å²) in [5.74, 6) is 1.04. The fraction of sp³-hybridized carbons (Fsp3) is 0.167. The van der Waals surface area contributed by atoms with Gasteiger partial charge in [0.2, 0.25) is 5.78 Å². The van der Waals surface area contributed by atoms with Crippen molar-refractivity contribution in [3.8, 4) is 0 Å². The van der Waals surface area contributed by atoms with Crippen molar-refractivity contribution in [2.75, 3.05) is 0 Å². The Morgan fingerprint density at radius 3 is 2.78 bits per heavy atom. The molecule has 0 aliphatic rings. The largest absolute Gasteiger partial charge is 0.290 e. The fourth-order valence-electron chi connectivity index (χ4n) is 3.35. The van der Waals surface area contributed by atoms with E-state index in [1.165, 1.54) is 22.2 Å². The topological polar surface area (TPSA) is 87.1 Å². The number of benzene rings is 1. The highest BCUT2D eigenvalue weighted by Crippen LogP contribution is 2.16. The lowest BCUT2D eigenvalue weighted by molar-refractivity contribution is 0.698. The van der Waals surface area contributed by atoms with Crippen LogP contribution in [0.2, 0.25) is 0 Å². The van der Waals surface area contributed by atoms with Gasteiger partial charge in [-0.05, 0) is 30.5 Å². The number of nitrogens with zero attached hydrogens (tertiary/aromatic N) is 6. The molecule has 9 heteroatoms. The Hall–Kier alpha value is -3.33. The lowest BCUT2D eigenvalue weighted by Gasteiger charge is -2.10. The Kier molecular flexibility index (Phi) is 3.44. The maximum Gasteiger partial charge on any atom is 0.271 e. The normalized spacial score (nSPS) is 11.7. The predicted molar refractivity (Wildman–Crippen MR) is 103 cm³/mol. The quantitative estimate of drug-likeness (QED) is 0.478. The number of fused-ring (bicyclic) bond motifs is 4. The first-order valence-corrected chi connectivity index (χ1v) is 9.35. The van der Waals surface area contributed by atoms with Crippen molar-refractivity contribution < 1.29 is 0 Å². The van der Waals surface area contributed by atoms with Gasteiger partial charge in [0, 0.05) is 6.54 Å². The summed E-state index contributed by atoms with van der Waals surface area (Å²) in [6.45, 7) is 2.59. The summed E-state index contributed by atoms with van der Waals surface area (Å²) in [4.78, 5) is 29.8. The highest BCUT2D eigenvalue weighted by atomic mass is 32.1. The Labute approximate surface area is 156 Å². The Morgan fingerprint density at radius 2 is 1.93 bits per heavy atom. The van der Waals surface area contributed by atoms with Crippen molar-refractivity contribution in [1.29, 1.82) is 0 Å². The molecule has 0 spiro atoms. The van der Waals surface area contributed by atoms with Gasteiger partial charge in [-0.2, -0.15) is 0 Å². The molecule has 0 unspecified atom stereocenters. The van der Waals surface area contributed by atoms with E-state index in [0.717, 1.165) is 5.52 Å². The summed E-state index contributed by atoms with van der Waals surface area (Å²) >= 11 is 1.37. The van der Waals surface area contributed by atoms with Crippen molar-refractivity contribution in [2.45, 2.75) is 20.0 Å². The number of hydrogen-bond acceptors (Lipinski definition) is 6. The zero-order chi connectivity index (χ0) is 18.5. The molecule has 0 radical (unpaired) electrons. The smallest absolute Gasteiger partial charge is 0.271 e. The highest BCUT2D eigenvalue weighted by Gasteiger charge is 2.16. The van der Waals surface area contributed by atoms with Gasteiger partial charge in [-0.25, -0.2) is 4.98 Å². The van der Waals surface area contributed by atoms with Gasteiger partial charge in [-0.15, -0.1) is 21.5 Å². The summed E-state index contributed by atoms with van der Waals surface area (Å²) in [5.41, 5.74) is 1.20. The van der Waals surface area contributed by atoms with Crippen LogP contribution in [0.15, 0.2) is 51.6 Å². The summed E-state index contributed by atoms with van der Waals surface area (Å²) in [5, 5.41) is 10.9. The SMILES string of the molecule is CCn1c(=O)c2ccccc2n2c(Cn3cnc4ccsc4c3=O)nnc12. The molecule has 4 aromatic heterocycles. The fourth-order valence-corrected chi connectivity index (χ4v) is 4.14. The zero-order valence-corrected chi connectivity index (χ0v) is 15.2. The third kappa shape index (κ3) is 2.25. The monoisotopic (exact) mass is 378 g/mol. The van der Waals surface area contributed by atoms with Crippen LogP contribution in [-0.2, 0) is 13.1 Å². The number of aromatic nitrogens is 6. The van der Waals surface area contributed by atoms with Crippen LogP contribution >= 0.6 is 11.3 Å². The van der Waals surface area contributed by atoms with E-state index in [9.17, 15) is 9.59 Å². The average molecular weight is 378 g/mol. The molecular weight excluding hydrogens is 364 g/mol. The van der Waals surface area contributed by atoms with E-state index in [0.29, 0.717) is 33.7 Å². The molecule has 5 rings (SSSR count). The molecule has 1 aromatic carbocycles.